The van der Waals surface area contributed by atoms with Crippen LogP contribution in [0, 0.1) is 0 Å². The molecule has 18 heavy (non-hydrogen) atoms. The highest BCUT2D eigenvalue weighted by Crippen LogP contribution is 2.07. The molecule has 0 bridgehead atoms. The number of Topliss-reactive ketones (excluding diaryl/α,β-unsaturated/α-hetero) is 1. The number of benzene rings is 1. The van der Waals surface area contributed by atoms with Gasteiger partial charge in [-0.05, 0) is 25.3 Å². The topological polar surface area (TPSA) is 46.2 Å². The van der Waals surface area contributed by atoms with Crippen molar-refractivity contribution in [2.45, 2.75) is 46.1 Å². The van der Waals surface area contributed by atoms with Gasteiger partial charge in [-0.1, -0.05) is 44.5 Å². The molecule has 0 aliphatic rings. The SMILES string of the molecule is CCCc1ccc(C(=O)C(=O)NC(C)CC)cc1. The lowest BCUT2D eigenvalue weighted by Crippen LogP contribution is -2.37. The van der Waals surface area contributed by atoms with Crippen molar-refractivity contribution in [3.05, 3.63) is 35.4 Å². The van der Waals surface area contributed by atoms with E-state index in [0.717, 1.165) is 19.3 Å². The summed E-state index contributed by atoms with van der Waals surface area (Å²) in [5.41, 5.74) is 1.65. The minimum absolute atomic E-state index is 0.0285. The molecule has 1 rings (SSSR count). The Kier molecular flexibility index (Phi) is 5.56. The van der Waals surface area contributed by atoms with Crippen molar-refractivity contribution in [1.82, 2.24) is 5.32 Å². The van der Waals surface area contributed by atoms with Crippen LogP contribution in [0.25, 0.3) is 0 Å². The highest BCUT2D eigenvalue weighted by molar-refractivity contribution is 6.42. The summed E-state index contributed by atoms with van der Waals surface area (Å²) in [5.74, 6) is -0.981. The van der Waals surface area contributed by atoms with Crippen LogP contribution < -0.4 is 5.32 Å². The molecule has 0 fully saturated rings. The maximum Gasteiger partial charge on any atom is 0.292 e. The second kappa shape index (κ2) is 6.94. The van der Waals surface area contributed by atoms with Crippen molar-refractivity contribution < 1.29 is 9.59 Å². The molecule has 0 spiro atoms. The Morgan fingerprint density at radius 3 is 2.28 bits per heavy atom. The molecule has 3 heteroatoms. The molecule has 1 atom stereocenters. The summed E-state index contributed by atoms with van der Waals surface area (Å²) >= 11 is 0. The molecule has 0 heterocycles. The number of nitrogens with one attached hydrogen (secondary N) is 1. The first-order valence-electron chi connectivity index (χ1n) is 6.52. The zero-order valence-corrected chi connectivity index (χ0v) is 11.3. The number of amides is 1. The molecule has 0 aliphatic carbocycles. The van der Waals surface area contributed by atoms with E-state index in [1.165, 1.54) is 5.56 Å². The smallest absolute Gasteiger partial charge is 0.292 e. The molecule has 0 saturated carbocycles. The molecule has 98 valence electrons. The van der Waals surface area contributed by atoms with Gasteiger partial charge in [0.2, 0.25) is 5.78 Å². The number of carbonyl (C=O) groups is 2. The Morgan fingerprint density at radius 2 is 1.78 bits per heavy atom. The van der Waals surface area contributed by atoms with Gasteiger partial charge in [0.15, 0.2) is 0 Å². The fourth-order valence-corrected chi connectivity index (χ4v) is 1.63. The first-order valence-corrected chi connectivity index (χ1v) is 6.52. The maximum absolute atomic E-state index is 11.9. The van der Waals surface area contributed by atoms with Crippen molar-refractivity contribution in [1.29, 1.82) is 0 Å². The van der Waals surface area contributed by atoms with E-state index in [4.69, 9.17) is 0 Å². The van der Waals surface area contributed by atoms with Crippen LogP contribution >= 0.6 is 0 Å². The fraction of sp³-hybridized carbons (Fsp3) is 0.467. The van der Waals surface area contributed by atoms with E-state index >= 15 is 0 Å². The van der Waals surface area contributed by atoms with Crippen LogP contribution in [0.3, 0.4) is 0 Å². The third kappa shape index (κ3) is 3.99. The minimum Gasteiger partial charge on any atom is -0.347 e. The van der Waals surface area contributed by atoms with Gasteiger partial charge in [-0.3, -0.25) is 9.59 Å². The molecule has 1 aromatic carbocycles. The van der Waals surface area contributed by atoms with Crippen molar-refractivity contribution in [3.63, 3.8) is 0 Å². The zero-order chi connectivity index (χ0) is 13.5. The first kappa shape index (κ1) is 14.4. The summed E-state index contributed by atoms with van der Waals surface area (Å²) in [5, 5.41) is 2.68. The van der Waals surface area contributed by atoms with Crippen LogP contribution in [-0.2, 0) is 11.2 Å². The van der Waals surface area contributed by atoms with E-state index < -0.39 is 11.7 Å². The van der Waals surface area contributed by atoms with Crippen molar-refractivity contribution in [2.75, 3.05) is 0 Å². The summed E-state index contributed by atoms with van der Waals surface area (Å²) < 4.78 is 0. The Balaban J connectivity index is 2.69. The lowest BCUT2D eigenvalue weighted by atomic mass is 10.0. The van der Waals surface area contributed by atoms with Gasteiger partial charge in [0, 0.05) is 11.6 Å². The second-order valence-corrected chi connectivity index (χ2v) is 4.56. The Bertz CT molecular complexity index is 409. The van der Waals surface area contributed by atoms with Crippen molar-refractivity contribution >= 4 is 11.7 Å². The van der Waals surface area contributed by atoms with E-state index in [9.17, 15) is 9.59 Å². The van der Waals surface area contributed by atoms with Crippen LogP contribution in [0.4, 0.5) is 0 Å². The number of hydrogen-bond donors (Lipinski definition) is 1. The van der Waals surface area contributed by atoms with E-state index in [2.05, 4.69) is 12.2 Å². The lowest BCUT2D eigenvalue weighted by molar-refractivity contribution is -0.117. The monoisotopic (exact) mass is 247 g/mol. The molecule has 1 amide bonds. The lowest BCUT2D eigenvalue weighted by Gasteiger charge is -2.10. The minimum atomic E-state index is -0.521. The van der Waals surface area contributed by atoms with Crippen molar-refractivity contribution in [3.8, 4) is 0 Å². The van der Waals surface area contributed by atoms with Crippen LogP contribution in [0.2, 0.25) is 0 Å². The van der Waals surface area contributed by atoms with Gasteiger partial charge in [0.1, 0.15) is 0 Å². The highest BCUT2D eigenvalue weighted by atomic mass is 16.2. The molecular weight excluding hydrogens is 226 g/mol. The van der Waals surface area contributed by atoms with Gasteiger partial charge in [0.25, 0.3) is 5.91 Å². The molecule has 1 aromatic rings. The summed E-state index contributed by atoms with van der Waals surface area (Å²) in [6, 6.07) is 7.30. The van der Waals surface area contributed by atoms with Crippen LogP contribution in [0.5, 0.6) is 0 Å². The van der Waals surface area contributed by atoms with Crippen LogP contribution in [-0.4, -0.2) is 17.7 Å². The number of rotatable bonds is 6. The van der Waals surface area contributed by atoms with E-state index in [1.54, 1.807) is 12.1 Å². The van der Waals surface area contributed by atoms with E-state index in [-0.39, 0.29) is 6.04 Å². The average molecular weight is 247 g/mol. The quantitative estimate of drug-likeness (QED) is 0.620. The fourth-order valence-electron chi connectivity index (χ4n) is 1.63. The molecule has 0 aliphatic heterocycles. The third-order valence-corrected chi connectivity index (χ3v) is 2.95. The highest BCUT2D eigenvalue weighted by Gasteiger charge is 2.17. The Morgan fingerprint density at radius 1 is 1.17 bits per heavy atom. The number of aryl methyl sites for hydroxylation is 1. The van der Waals surface area contributed by atoms with Gasteiger partial charge in [-0.25, -0.2) is 0 Å². The van der Waals surface area contributed by atoms with Gasteiger partial charge >= 0.3 is 0 Å². The average Bonchev–Trinajstić information content (AvgIpc) is 2.39. The van der Waals surface area contributed by atoms with Gasteiger partial charge in [0.05, 0.1) is 0 Å². The van der Waals surface area contributed by atoms with Crippen molar-refractivity contribution in [2.24, 2.45) is 0 Å². The standard InChI is InChI=1S/C15H21NO2/c1-4-6-12-7-9-13(10-8-12)14(17)15(18)16-11(3)5-2/h7-11H,4-6H2,1-3H3,(H,16,18). The molecule has 3 nitrogen and oxygen atoms in total. The molecule has 1 unspecified atom stereocenters. The summed E-state index contributed by atoms with van der Waals surface area (Å²) in [4.78, 5) is 23.5. The number of hydrogen-bond acceptors (Lipinski definition) is 2. The summed E-state index contributed by atoms with van der Waals surface area (Å²) in [6.45, 7) is 5.96. The molecule has 0 saturated heterocycles. The maximum atomic E-state index is 11.9. The summed E-state index contributed by atoms with van der Waals surface area (Å²) in [6.07, 6.45) is 2.88. The normalized spacial score (nSPS) is 11.9. The largest absolute Gasteiger partial charge is 0.347 e. The number of ketones is 1. The Labute approximate surface area is 109 Å². The first-order chi connectivity index (χ1) is 8.58. The second-order valence-electron chi connectivity index (χ2n) is 4.56. The van der Waals surface area contributed by atoms with Crippen LogP contribution in [0.15, 0.2) is 24.3 Å². The van der Waals surface area contributed by atoms with Gasteiger partial charge in [-0.15, -0.1) is 0 Å². The molecule has 0 radical (unpaired) electrons. The van der Waals surface area contributed by atoms with Crippen LogP contribution in [0.1, 0.15) is 49.5 Å². The zero-order valence-electron chi connectivity index (χ0n) is 11.3. The Hall–Kier alpha value is -1.64. The van der Waals surface area contributed by atoms with Gasteiger partial charge < -0.3 is 5.32 Å². The predicted molar refractivity (Wildman–Crippen MR) is 72.7 cm³/mol. The molecule has 1 N–H and O–H groups in total. The molecular formula is C15H21NO2. The van der Waals surface area contributed by atoms with Gasteiger partial charge in [-0.2, -0.15) is 0 Å². The third-order valence-electron chi connectivity index (χ3n) is 2.95. The predicted octanol–water partition coefficient (Wildman–Crippen LogP) is 2.74. The van der Waals surface area contributed by atoms with E-state index in [0.29, 0.717) is 5.56 Å². The molecule has 0 aromatic heterocycles. The number of carbonyl (C=O) groups excluding carboxylic acids is 2. The summed E-state index contributed by atoms with van der Waals surface area (Å²) in [7, 11) is 0. The van der Waals surface area contributed by atoms with E-state index in [1.807, 2.05) is 26.0 Å².